The zero-order chi connectivity index (χ0) is 17.4. The van der Waals surface area contributed by atoms with Crippen molar-refractivity contribution in [1.29, 1.82) is 0 Å². The molecule has 1 aromatic carbocycles. The lowest BCUT2D eigenvalue weighted by molar-refractivity contribution is 0.0464. The van der Waals surface area contributed by atoms with Gasteiger partial charge in [-0.05, 0) is 29.4 Å². The molecular formula is C19H31O3P. The Kier molecular flexibility index (Phi) is 5.45. The van der Waals surface area contributed by atoms with Crippen LogP contribution in [-0.4, -0.2) is 12.7 Å². The highest BCUT2D eigenvalue weighted by Crippen LogP contribution is 2.49. The Morgan fingerprint density at radius 3 is 2.22 bits per heavy atom. The van der Waals surface area contributed by atoms with Crippen LogP contribution in [0, 0.1) is 5.92 Å². The maximum atomic E-state index is 6.12. The Balaban J connectivity index is 2.28. The molecule has 1 aliphatic heterocycles. The molecular weight excluding hydrogens is 307 g/mol. The summed E-state index contributed by atoms with van der Waals surface area (Å²) in [4.78, 5) is 0. The highest BCUT2D eigenvalue weighted by molar-refractivity contribution is 7.42. The fraction of sp³-hybridized carbons (Fsp3) is 0.684. The third kappa shape index (κ3) is 4.68. The second kappa shape index (κ2) is 6.70. The molecule has 0 bridgehead atoms. The van der Waals surface area contributed by atoms with Crippen LogP contribution in [0.4, 0.5) is 0 Å². The standard InChI is InChI=1S/C19H31O3P/c1-13-12-20-23(21-14(13)2)22-17-10-9-15(18(3,4)5)11-16(17)19(6,7)8/h9-11,13-14H,12H2,1-8H3/t13-,14?,23?/m1/s1. The van der Waals surface area contributed by atoms with E-state index in [1.165, 1.54) is 11.1 Å². The van der Waals surface area contributed by atoms with Gasteiger partial charge in [0, 0.05) is 11.5 Å². The minimum Gasteiger partial charge on any atom is -0.426 e. The lowest BCUT2D eigenvalue weighted by Crippen LogP contribution is -2.27. The number of benzene rings is 1. The van der Waals surface area contributed by atoms with Crippen molar-refractivity contribution in [3.8, 4) is 5.75 Å². The van der Waals surface area contributed by atoms with Crippen LogP contribution in [0.15, 0.2) is 18.2 Å². The molecule has 130 valence electrons. The van der Waals surface area contributed by atoms with Gasteiger partial charge in [0.1, 0.15) is 5.75 Å². The van der Waals surface area contributed by atoms with E-state index in [-0.39, 0.29) is 16.9 Å². The van der Waals surface area contributed by atoms with Gasteiger partial charge in [0.15, 0.2) is 0 Å². The van der Waals surface area contributed by atoms with E-state index in [0.717, 1.165) is 5.75 Å². The van der Waals surface area contributed by atoms with Crippen molar-refractivity contribution in [2.75, 3.05) is 6.61 Å². The summed E-state index contributed by atoms with van der Waals surface area (Å²) in [6, 6.07) is 6.48. The van der Waals surface area contributed by atoms with Gasteiger partial charge in [0.25, 0.3) is 0 Å². The summed E-state index contributed by atoms with van der Waals surface area (Å²) in [5.41, 5.74) is 2.63. The summed E-state index contributed by atoms with van der Waals surface area (Å²) in [6.07, 6.45) is 0.168. The molecule has 1 saturated heterocycles. The topological polar surface area (TPSA) is 27.7 Å². The molecule has 0 aromatic heterocycles. The molecule has 2 rings (SSSR count). The van der Waals surface area contributed by atoms with E-state index in [2.05, 4.69) is 73.6 Å². The summed E-state index contributed by atoms with van der Waals surface area (Å²) in [5.74, 6) is 1.28. The van der Waals surface area contributed by atoms with Crippen LogP contribution in [0.25, 0.3) is 0 Å². The predicted octanol–water partition coefficient (Wildman–Crippen LogP) is 5.96. The fourth-order valence-electron chi connectivity index (χ4n) is 2.37. The minimum absolute atomic E-state index is 0.000616. The van der Waals surface area contributed by atoms with Gasteiger partial charge in [-0.3, -0.25) is 4.52 Å². The minimum atomic E-state index is -1.32. The van der Waals surface area contributed by atoms with Gasteiger partial charge >= 0.3 is 8.60 Å². The first kappa shape index (κ1) is 18.7. The molecule has 1 aromatic rings. The molecule has 1 fully saturated rings. The van der Waals surface area contributed by atoms with Crippen molar-refractivity contribution in [2.24, 2.45) is 5.92 Å². The average molecular weight is 338 g/mol. The van der Waals surface area contributed by atoms with Crippen molar-refractivity contribution in [3.05, 3.63) is 29.3 Å². The van der Waals surface area contributed by atoms with E-state index in [4.69, 9.17) is 13.6 Å². The van der Waals surface area contributed by atoms with Gasteiger partial charge in [-0.1, -0.05) is 60.6 Å². The SMILES string of the molecule is CC1OP(Oc2ccc(C(C)(C)C)cc2C(C)(C)C)OC[C@H]1C. The maximum absolute atomic E-state index is 6.12. The second-order valence-electron chi connectivity index (χ2n) is 8.61. The third-order valence-electron chi connectivity index (χ3n) is 4.32. The van der Waals surface area contributed by atoms with Crippen molar-refractivity contribution in [1.82, 2.24) is 0 Å². The van der Waals surface area contributed by atoms with Gasteiger partial charge in [-0.25, -0.2) is 0 Å². The lowest BCUT2D eigenvalue weighted by Gasteiger charge is -2.32. The monoisotopic (exact) mass is 338 g/mol. The maximum Gasteiger partial charge on any atom is 0.397 e. The summed E-state index contributed by atoms with van der Waals surface area (Å²) < 4.78 is 17.8. The highest BCUT2D eigenvalue weighted by atomic mass is 31.2. The molecule has 1 aliphatic rings. The summed E-state index contributed by atoms with van der Waals surface area (Å²) in [5, 5.41) is 0. The normalized spacial score (nSPS) is 26.2. The highest BCUT2D eigenvalue weighted by Gasteiger charge is 2.31. The van der Waals surface area contributed by atoms with E-state index in [9.17, 15) is 0 Å². The fourth-order valence-corrected chi connectivity index (χ4v) is 3.69. The smallest absolute Gasteiger partial charge is 0.397 e. The quantitative estimate of drug-likeness (QED) is 0.623. The van der Waals surface area contributed by atoms with Crippen LogP contribution in [0.5, 0.6) is 5.75 Å². The van der Waals surface area contributed by atoms with E-state index >= 15 is 0 Å². The zero-order valence-corrected chi connectivity index (χ0v) is 16.7. The second-order valence-corrected chi connectivity index (χ2v) is 9.71. The van der Waals surface area contributed by atoms with Gasteiger partial charge in [0.05, 0.1) is 12.7 Å². The van der Waals surface area contributed by atoms with E-state index in [0.29, 0.717) is 12.5 Å². The molecule has 0 radical (unpaired) electrons. The van der Waals surface area contributed by atoms with Crippen LogP contribution in [0.2, 0.25) is 0 Å². The van der Waals surface area contributed by atoms with Crippen LogP contribution >= 0.6 is 8.60 Å². The van der Waals surface area contributed by atoms with Crippen molar-refractivity contribution in [2.45, 2.75) is 72.3 Å². The molecule has 0 aliphatic carbocycles. The molecule has 0 spiro atoms. The van der Waals surface area contributed by atoms with Crippen LogP contribution in [-0.2, 0) is 19.9 Å². The molecule has 2 unspecified atom stereocenters. The predicted molar refractivity (Wildman–Crippen MR) is 97.1 cm³/mol. The van der Waals surface area contributed by atoms with E-state index < -0.39 is 8.60 Å². The molecule has 23 heavy (non-hydrogen) atoms. The van der Waals surface area contributed by atoms with Gasteiger partial charge in [0.2, 0.25) is 0 Å². The molecule has 3 atom stereocenters. The Hall–Kier alpha value is -0.630. The first-order chi connectivity index (χ1) is 10.5. The molecule has 1 heterocycles. The first-order valence-electron chi connectivity index (χ1n) is 8.41. The average Bonchev–Trinajstić information content (AvgIpc) is 2.41. The zero-order valence-electron chi connectivity index (χ0n) is 15.8. The van der Waals surface area contributed by atoms with Crippen LogP contribution in [0.1, 0.15) is 66.5 Å². The molecule has 0 N–H and O–H groups in total. The third-order valence-corrected chi connectivity index (χ3v) is 5.53. The molecule has 0 saturated carbocycles. The van der Waals surface area contributed by atoms with Crippen molar-refractivity contribution < 1.29 is 13.6 Å². The summed E-state index contributed by atoms with van der Waals surface area (Å²) in [6.45, 7) is 18.2. The largest absolute Gasteiger partial charge is 0.426 e. The molecule has 0 amide bonds. The molecule has 3 nitrogen and oxygen atoms in total. The van der Waals surface area contributed by atoms with Crippen LogP contribution < -0.4 is 4.52 Å². The Morgan fingerprint density at radius 1 is 1.04 bits per heavy atom. The first-order valence-corrected chi connectivity index (χ1v) is 9.51. The Morgan fingerprint density at radius 2 is 1.70 bits per heavy atom. The van der Waals surface area contributed by atoms with E-state index in [1.54, 1.807) is 0 Å². The number of rotatable bonds is 2. The summed E-state index contributed by atoms with van der Waals surface area (Å²) >= 11 is 0. The van der Waals surface area contributed by atoms with Crippen LogP contribution in [0.3, 0.4) is 0 Å². The van der Waals surface area contributed by atoms with E-state index in [1.807, 2.05) is 0 Å². The van der Waals surface area contributed by atoms with Gasteiger partial charge < -0.3 is 9.05 Å². The van der Waals surface area contributed by atoms with Gasteiger partial charge in [-0.2, -0.15) is 0 Å². The number of hydrogen-bond donors (Lipinski definition) is 0. The Bertz CT molecular complexity index is 543. The lowest BCUT2D eigenvalue weighted by atomic mass is 9.80. The van der Waals surface area contributed by atoms with Crippen molar-refractivity contribution >= 4 is 8.60 Å². The van der Waals surface area contributed by atoms with Gasteiger partial charge in [-0.15, -0.1) is 0 Å². The molecule has 4 heteroatoms. The summed E-state index contributed by atoms with van der Waals surface area (Å²) in [7, 11) is -1.32. The Labute approximate surface area is 142 Å². The number of hydrogen-bond acceptors (Lipinski definition) is 3. The van der Waals surface area contributed by atoms with Crippen molar-refractivity contribution in [3.63, 3.8) is 0 Å².